The van der Waals surface area contributed by atoms with Gasteiger partial charge in [-0.2, -0.15) is 9.61 Å². The molecule has 3 aromatic rings. The molecule has 0 aliphatic carbocycles. The van der Waals surface area contributed by atoms with Crippen LogP contribution in [0, 0.1) is 11.6 Å². The van der Waals surface area contributed by atoms with E-state index in [4.69, 9.17) is 0 Å². The molecule has 0 spiro atoms. The molecular formula is C15H14F2N4. The number of rotatable bonds is 4. The summed E-state index contributed by atoms with van der Waals surface area (Å²) < 4.78 is 27.8. The monoisotopic (exact) mass is 288 g/mol. The van der Waals surface area contributed by atoms with Crippen molar-refractivity contribution in [2.75, 3.05) is 5.32 Å². The molecule has 0 saturated heterocycles. The largest absolute Gasteiger partial charge is 0.366 e. The first-order valence-electron chi connectivity index (χ1n) is 6.69. The Labute approximate surface area is 120 Å². The lowest BCUT2D eigenvalue weighted by atomic mass is 10.2. The minimum absolute atomic E-state index is 0.374. The Morgan fingerprint density at radius 1 is 1.14 bits per heavy atom. The molecule has 0 saturated carbocycles. The van der Waals surface area contributed by atoms with Crippen molar-refractivity contribution in [1.82, 2.24) is 14.6 Å². The van der Waals surface area contributed by atoms with E-state index in [1.165, 1.54) is 6.07 Å². The molecule has 0 radical (unpaired) electrons. The number of hydrogen-bond acceptors (Lipinski definition) is 3. The van der Waals surface area contributed by atoms with Crippen LogP contribution in [0.3, 0.4) is 0 Å². The summed E-state index contributed by atoms with van der Waals surface area (Å²) in [4.78, 5) is 4.45. The van der Waals surface area contributed by atoms with Gasteiger partial charge in [-0.1, -0.05) is 13.0 Å². The first-order chi connectivity index (χ1) is 10.2. The van der Waals surface area contributed by atoms with Crippen LogP contribution in [0.2, 0.25) is 0 Å². The van der Waals surface area contributed by atoms with E-state index in [-0.39, 0.29) is 0 Å². The Hall–Kier alpha value is -2.50. The molecule has 0 aliphatic rings. The summed E-state index contributed by atoms with van der Waals surface area (Å²) in [7, 11) is 0. The Bertz CT molecular complexity index is 782. The van der Waals surface area contributed by atoms with Crippen LogP contribution in [0.15, 0.2) is 36.5 Å². The van der Waals surface area contributed by atoms with Crippen molar-refractivity contribution in [1.29, 1.82) is 0 Å². The second-order valence-corrected chi connectivity index (χ2v) is 4.69. The van der Waals surface area contributed by atoms with E-state index in [1.807, 2.05) is 19.1 Å². The van der Waals surface area contributed by atoms with E-state index in [1.54, 1.807) is 16.8 Å². The first-order valence-corrected chi connectivity index (χ1v) is 6.69. The number of nitrogens with one attached hydrogen (secondary N) is 1. The average molecular weight is 288 g/mol. The quantitative estimate of drug-likeness (QED) is 0.801. The lowest BCUT2D eigenvalue weighted by Gasteiger charge is -2.10. The van der Waals surface area contributed by atoms with Crippen molar-refractivity contribution < 1.29 is 8.78 Å². The summed E-state index contributed by atoms with van der Waals surface area (Å²) in [6, 6.07) is 7.58. The maximum atomic E-state index is 13.2. The number of fused-ring (bicyclic) bond motifs is 1. The number of halogens is 2. The van der Waals surface area contributed by atoms with Crippen molar-refractivity contribution >= 4 is 11.5 Å². The van der Waals surface area contributed by atoms with Gasteiger partial charge in [0.15, 0.2) is 17.3 Å². The van der Waals surface area contributed by atoms with Crippen LogP contribution in [0.4, 0.5) is 14.6 Å². The van der Waals surface area contributed by atoms with Gasteiger partial charge in [-0.3, -0.25) is 0 Å². The lowest BCUT2D eigenvalue weighted by Crippen LogP contribution is -2.07. The van der Waals surface area contributed by atoms with Gasteiger partial charge in [-0.15, -0.1) is 0 Å². The molecule has 1 aromatic carbocycles. The number of nitrogens with zero attached hydrogens (tertiary/aromatic N) is 3. The van der Waals surface area contributed by atoms with Gasteiger partial charge in [-0.05, 0) is 24.1 Å². The van der Waals surface area contributed by atoms with Crippen LogP contribution in [0.1, 0.15) is 18.2 Å². The molecule has 0 unspecified atom stereocenters. The third-order valence-electron chi connectivity index (χ3n) is 3.23. The molecule has 0 amide bonds. The number of anilines is 1. The average Bonchev–Trinajstić information content (AvgIpc) is 2.96. The number of aryl methyl sites for hydroxylation is 1. The van der Waals surface area contributed by atoms with Gasteiger partial charge in [0.25, 0.3) is 0 Å². The molecule has 0 aliphatic heterocycles. The smallest absolute Gasteiger partial charge is 0.159 e. The highest BCUT2D eigenvalue weighted by Gasteiger charge is 2.07. The SMILES string of the molecule is CCc1cc(NCc2ccc(F)c(F)c2)n2nccc2n1. The van der Waals surface area contributed by atoms with Gasteiger partial charge < -0.3 is 5.32 Å². The van der Waals surface area contributed by atoms with Crippen molar-refractivity contribution in [3.05, 3.63) is 59.4 Å². The van der Waals surface area contributed by atoms with Gasteiger partial charge in [0.1, 0.15) is 5.82 Å². The molecule has 6 heteroatoms. The van der Waals surface area contributed by atoms with Gasteiger partial charge in [0, 0.05) is 24.4 Å². The second-order valence-electron chi connectivity index (χ2n) is 4.69. The zero-order valence-electron chi connectivity index (χ0n) is 11.5. The fourth-order valence-corrected chi connectivity index (χ4v) is 2.11. The van der Waals surface area contributed by atoms with Crippen molar-refractivity contribution in [2.24, 2.45) is 0 Å². The van der Waals surface area contributed by atoms with Crippen LogP contribution >= 0.6 is 0 Å². The second kappa shape index (κ2) is 5.47. The zero-order chi connectivity index (χ0) is 14.8. The van der Waals surface area contributed by atoms with Gasteiger partial charge in [0.05, 0.1) is 6.20 Å². The van der Waals surface area contributed by atoms with Crippen LogP contribution in [-0.2, 0) is 13.0 Å². The Balaban J connectivity index is 1.87. The third kappa shape index (κ3) is 2.69. The Kier molecular flexibility index (Phi) is 3.51. The highest BCUT2D eigenvalue weighted by molar-refractivity contribution is 5.49. The van der Waals surface area contributed by atoms with E-state index in [0.29, 0.717) is 12.1 Å². The van der Waals surface area contributed by atoms with E-state index in [2.05, 4.69) is 15.4 Å². The summed E-state index contributed by atoms with van der Waals surface area (Å²) in [6.45, 7) is 2.40. The normalized spacial score (nSPS) is 11.0. The first kappa shape index (κ1) is 13.5. The molecule has 1 N–H and O–H groups in total. The summed E-state index contributed by atoms with van der Waals surface area (Å²) in [6.07, 6.45) is 2.48. The van der Waals surface area contributed by atoms with E-state index in [0.717, 1.165) is 29.6 Å². The molecule has 3 rings (SSSR count). The standard InChI is InChI=1S/C15H14F2N4/c1-2-11-8-15(21-14(20-11)5-6-19-21)18-9-10-3-4-12(16)13(17)7-10/h3-8,18H,2,9H2,1H3. The van der Waals surface area contributed by atoms with Crippen LogP contribution in [0.5, 0.6) is 0 Å². The highest BCUT2D eigenvalue weighted by Crippen LogP contribution is 2.15. The molecule has 21 heavy (non-hydrogen) atoms. The predicted molar refractivity (Wildman–Crippen MR) is 76.0 cm³/mol. The molecule has 2 heterocycles. The van der Waals surface area contributed by atoms with Crippen molar-refractivity contribution in [3.8, 4) is 0 Å². The molecule has 108 valence electrons. The zero-order valence-corrected chi connectivity index (χ0v) is 11.5. The number of hydrogen-bond donors (Lipinski definition) is 1. The predicted octanol–water partition coefficient (Wildman–Crippen LogP) is 3.18. The van der Waals surface area contributed by atoms with E-state index < -0.39 is 11.6 Å². The number of aromatic nitrogens is 3. The minimum atomic E-state index is -0.845. The topological polar surface area (TPSA) is 42.2 Å². The Morgan fingerprint density at radius 3 is 2.76 bits per heavy atom. The molecule has 0 bridgehead atoms. The van der Waals surface area contributed by atoms with Gasteiger partial charge in [-0.25, -0.2) is 13.8 Å². The summed E-state index contributed by atoms with van der Waals surface area (Å²) in [5, 5.41) is 7.38. The van der Waals surface area contributed by atoms with Crippen LogP contribution in [0.25, 0.3) is 5.65 Å². The summed E-state index contributed by atoms with van der Waals surface area (Å²) in [5.41, 5.74) is 2.35. The lowest BCUT2D eigenvalue weighted by molar-refractivity contribution is 0.507. The summed E-state index contributed by atoms with van der Waals surface area (Å²) in [5.74, 6) is -0.917. The van der Waals surface area contributed by atoms with Crippen molar-refractivity contribution in [3.63, 3.8) is 0 Å². The molecule has 2 aromatic heterocycles. The van der Waals surface area contributed by atoms with E-state index >= 15 is 0 Å². The fourth-order valence-electron chi connectivity index (χ4n) is 2.11. The molecule has 0 atom stereocenters. The molecular weight excluding hydrogens is 274 g/mol. The maximum Gasteiger partial charge on any atom is 0.159 e. The highest BCUT2D eigenvalue weighted by atomic mass is 19.2. The molecule has 4 nitrogen and oxygen atoms in total. The number of benzene rings is 1. The summed E-state index contributed by atoms with van der Waals surface area (Å²) >= 11 is 0. The third-order valence-corrected chi connectivity index (χ3v) is 3.23. The van der Waals surface area contributed by atoms with Crippen LogP contribution in [-0.4, -0.2) is 14.6 Å². The Morgan fingerprint density at radius 2 is 2.00 bits per heavy atom. The van der Waals surface area contributed by atoms with Gasteiger partial charge in [0.2, 0.25) is 0 Å². The van der Waals surface area contributed by atoms with Gasteiger partial charge >= 0.3 is 0 Å². The van der Waals surface area contributed by atoms with Crippen LogP contribution < -0.4 is 5.32 Å². The van der Waals surface area contributed by atoms with E-state index in [9.17, 15) is 8.78 Å². The minimum Gasteiger partial charge on any atom is -0.366 e. The van der Waals surface area contributed by atoms with Crippen molar-refractivity contribution in [2.45, 2.75) is 19.9 Å². The molecule has 0 fully saturated rings. The maximum absolute atomic E-state index is 13.2. The fraction of sp³-hybridized carbons (Fsp3) is 0.200.